The Labute approximate surface area is 104 Å². The molecule has 1 aliphatic rings. The first-order chi connectivity index (χ1) is 8.72. The predicted octanol–water partition coefficient (Wildman–Crippen LogP) is -2.78. The fraction of sp³-hybridized carbons (Fsp3) is 0.667. The first kappa shape index (κ1) is 12.4. The van der Waals surface area contributed by atoms with Crippen molar-refractivity contribution in [2.75, 3.05) is 26.7 Å². The number of piperazine rings is 1. The van der Waals surface area contributed by atoms with E-state index in [9.17, 15) is 9.59 Å². The molecule has 2 rings (SSSR count). The second-order valence-electron chi connectivity index (χ2n) is 3.93. The van der Waals surface area contributed by atoms with Crippen LogP contribution in [0.15, 0.2) is 6.33 Å². The number of carbonyl (C=O) groups excluding carboxylic acids is 2. The van der Waals surface area contributed by atoms with Gasteiger partial charge in [-0.3, -0.25) is 9.59 Å². The van der Waals surface area contributed by atoms with Crippen LogP contribution in [0.3, 0.4) is 0 Å². The lowest BCUT2D eigenvalue weighted by molar-refractivity contribution is -0.142. The summed E-state index contributed by atoms with van der Waals surface area (Å²) < 4.78 is 1.34. The first-order valence-corrected chi connectivity index (χ1v) is 5.65. The third-order valence-electron chi connectivity index (χ3n) is 2.80. The lowest BCUT2D eigenvalue weighted by Gasteiger charge is -2.34. The topological polar surface area (TPSA) is 105 Å². The van der Waals surface area contributed by atoms with E-state index in [-0.39, 0.29) is 18.4 Å². The molecule has 2 N–H and O–H groups in total. The van der Waals surface area contributed by atoms with Gasteiger partial charge in [-0.15, -0.1) is 5.10 Å². The molecule has 0 saturated carbocycles. The van der Waals surface area contributed by atoms with Gasteiger partial charge in [0.15, 0.2) is 0 Å². The third-order valence-corrected chi connectivity index (χ3v) is 2.80. The van der Waals surface area contributed by atoms with Crippen LogP contribution in [0.2, 0.25) is 0 Å². The molecule has 0 bridgehead atoms. The Morgan fingerprint density at radius 2 is 2.39 bits per heavy atom. The Morgan fingerprint density at radius 3 is 3.06 bits per heavy atom. The maximum atomic E-state index is 12.1. The van der Waals surface area contributed by atoms with Crippen molar-refractivity contribution in [1.82, 2.24) is 35.7 Å². The van der Waals surface area contributed by atoms with Gasteiger partial charge in [-0.2, -0.15) is 0 Å². The van der Waals surface area contributed by atoms with Gasteiger partial charge >= 0.3 is 0 Å². The third kappa shape index (κ3) is 2.62. The molecule has 98 valence electrons. The van der Waals surface area contributed by atoms with E-state index in [4.69, 9.17) is 0 Å². The van der Waals surface area contributed by atoms with Crippen molar-refractivity contribution in [1.29, 1.82) is 0 Å². The molecular weight excluding hydrogens is 238 g/mol. The summed E-state index contributed by atoms with van der Waals surface area (Å²) in [5.41, 5.74) is 0. The summed E-state index contributed by atoms with van der Waals surface area (Å²) in [7, 11) is 1.56. The summed E-state index contributed by atoms with van der Waals surface area (Å²) in [6.07, 6.45) is 1.37. The van der Waals surface area contributed by atoms with Crippen LogP contribution in [0.25, 0.3) is 0 Å². The Bertz CT molecular complexity index is 419. The number of hydrogen-bond acceptors (Lipinski definition) is 6. The highest BCUT2D eigenvalue weighted by atomic mass is 16.2. The molecule has 9 heteroatoms. The van der Waals surface area contributed by atoms with E-state index in [1.54, 1.807) is 11.9 Å². The largest absolute Gasteiger partial charge is 0.357 e. The van der Waals surface area contributed by atoms with Crippen molar-refractivity contribution < 1.29 is 9.59 Å². The van der Waals surface area contributed by atoms with Crippen molar-refractivity contribution in [2.45, 2.75) is 12.6 Å². The van der Waals surface area contributed by atoms with Gasteiger partial charge in [0.2, 0.25) is 11.8 Å². The summed E-state index contributed by atoms with van der Waals surface area (Å²) in [6.45, 7) is 1.68. The van der Waals surface area contributed by atoms with Crippen LogP contribution in [0, 0.1) is 0 Å². The Morgan fingerprint density at radius 1 is 1.56 bits per heavy atom. The van der Waals surface area contributed by atoms with Crippen LogP contribution in [-0.2, 0) is 16.1 Å². The van der Waals surface area contributed by atoms with Crippen molar-refractivity contribution in [2.24, 2.45) is 0 Å². The van der Waals surface area contributed by atoms with E-state index in [1.165, 1.54) is 11.0 Å². The van der Waals surface area contributed by atoms with E-state index in [0.29, 0.717) is 19.6 Å². The monoisotopic (exact) mass is 253 g/mol. The van der Waals surface area contributed by atoms with Gasteiger partial charge in [0.1, 0.15) is 18.9 Å². The maximum Gasteiger partial charge on any atom is 0.245 e. The quantitative estimate of drug-likeness (QED) is 0.603. The highest BCUT2D eigenvalue weighted by Gasteiger charge is 2.31. The van der Waals surface area contributed by atoms with Crippen molar-refractivity contribution in [3.8, 4) is 0 Å². The highest BCUT2D eigenvalue weighted by molar-refractivity contribution is 5.87. The molecule has 1 aromatic heterocycles. The van der Waals surface area contributed by atoms with Gasteiger partial charge in [-0.05, 0) is 10.4 Å². The SMILES string of the molecule is CNC(=O)C1CNCCN1C(=O)Cn1cnnn1. The average Bonchev–Trinajstić information content (AvgIpc) is 2.90. The molecular formula is C9H15N7O2. The first-order valence-electron chi connectivity index (χ1n) is 5.65. The molecule has 18 heavy (non-hydrogen) atoms. The minimum atomic E-state index is -0.479. The van der Waals surface area contributed by atoms with Gasteiger partial charge in [0.25, 0.3) is 0 Å². The molecule has 0 spiro atoms. The lowest BCUT2D eigenvalue weighted by Crippen LogP contribution is -2.59. The Balaban J connectivity index is 2.04. The number of nitrogens with zero attached hydrogens (tertiary/aromatic N) is 5. The van der Waals surface area contributed by atoms with Crippen LogP contribution >= 0.6 is 0 Å². The molecule has 9 nitrogen and oxygen atoms in total. The summed E-state index contributed by atoms with van der Waals surface area (Å²) in [6, 6.07) is -0.479. The fourth-order valence-corrected chi connectivity index (χ4v) is 1.89. The number of tetrazole rings is 1. The molecule has 0 radical (unpaired) electrons. The second-order valence-corrected chi connectivity index (χ2v) is 3.93. The van der Waals surface area contributed by atoms with Crippen LogP contribution in [0.5, 0.6) is 0 Å². The van der Waals surface area contributed by atoms with E-state index in [1.807, 2.05) is 0 Å². The second kappa shape index (κ2) is 5.54. The molecule has 2 heterocycles. The van der Waals surface area contributed by atoms with Crippen molar-refractivity contribution >= 4 is 11.8 Å². The smallest absolute Gasteiger partial charge is 0.245 e. The van der Waals surface area contributed by atoms with Gasteiger partial charge in [0.05, 0.1) is 0 Å². The van der Waals surface area contributed by atoms with Gasteiger partial charge in [-0.25, -0.2) is 4.68 Å². The molecule has 1 fully saturated rings. The number of hydrogen-bond donors (Lipinski definition) is 2. The number of rotatable bonds is 3. The highest BCUT2D eigenvalue weighted by Crippen LogP contribution is 2.05. The molecule has 0 aromatic carbocycles. The van der Waals surface area contributed by atoms with E-state index >= 15 is 0 Å². The summed E-state index contributed by atoms with van der Waals surface area (Å²) >= 11 is 0. The zero-order chi connectivity index (χ0) is 13.0. The lowest BCUT2D eigenvalue weighted by atomic mass is 10.1. The molecule has 1 aromatic rings. The molecule has 1 atom stereocenters. The van der Waals surface area contributed by atoms with Crippen LogP contribution in [0.4, 0.5) is 0 Å². The molecule has 1 saturated heterocycles. The maximum absolute atomic E-state index is 12.1. The van der Waals surface area contributed by atoms with Crippen LogP contribution < -0.4 is 10.6 Å². The van der Waals surface area contributed by atoms with Gasteiger partial charge in [0, 0.05) is 26.7 Å². The number of carbonyl (C=O) groups is 2. The molecule has 2 amide bonds. The zero-order valence-corrected chi connectivity index (χ0v) is 10.0. The zero-order valence-electron chi connectivity index (χ0n) is 10.0. The normalized spacial score (nSPS) is 19.6. The molecule has 0 aliphatic carbocycles. The van der Waals surface area contributed by atoms with Crippen molar-refractivity contribution in [3.63, 3.8) is 0 Å². The summed E-state index contributed by atoms with van der Waals surface area (Å²) in [4.78, 5) is 25.3. The minimum absolute atomic E-state index is 0.0422. The van der Waals surface area contributed by atoms with Gasteiger partial charge in [-0.1, -0.05) is 0 Å². The summed E-state index contributed by atoms with van der Waals surface area (Å²) in [5, 5.41) is 16.2. The number of nitrogens with one attached hydrogen (secondary N) is 2. The van der Waals surface area contributed by atoms with Gasteiger partial charge < -0.3 is 15.5 Å². The molecule has 1 aliphatic heterocycles. The van der Waals surface area contributed by atoms with E-state index < -0.39 is 6.04 Å². The minimum Gasteiger partial charge on any atom is -0.357 e. The standard InChI is InChI=1S/C9H15N7O2/c1-10-9(18)7-4-11-2-3-16(7)8(17)5-15-6-12-13-14-15/h6-7,11H,2-5H2,1H3,(H,10,18). The van der Waals surface area contributed by atoms with E-state index in [0.717, 1.165) is 0 Å². The Hall–Kier alpha value is -2.03. The predicted molar refractivity (Wildman–Crippen MR) is 60.3 cm³/mol. The number of likely N-dealkylation sites (N-methyl/N-ethyl adjacent to an activating group) is 1. The van der Waals surface area contributed by atoms with Crippen LogP contribution in [-0.4, -0.2) is 69.6 Å². The number of amides is 2. The fourth-order valence-electron chi connectivity index (χ4n) is 1.89. The Kier molecular flexibility index (Phi) is 3.82. The van der Waals surface area contributed by atoms with Crippen molar-refractivity contribution in [3.05, 3.63) is 6.33 Å². The van der Waals surface area contributed by atoms with E-state index in [2.05, 4.69) is 26.2 Å². The van der Waals surface area contributed by atoms with Crippen LogP contribution in [0.1, 0.15) is 0 Å². The summed E-state index contributed by atoms with van der Waals surface area (Å²) in [5.74, 6) is -0.343. The molecule has 1 unspecified atom stereocenters. The average molecular weight is 253 g/mol. The number of aromatic nitrogens is 4.